The summed E-state index contributed by atoms with van der Waals surface area (Å²) >= 11 is 0. The fourth-order valence-electron chi connectivity index (χ4n) is 0.575. The molecule has 0 bridgehead atoms. The molecule has 1 N–H and O–H groups in total. The summed E-state index contributed by atoms with van der Waals surface area (Å²) in [5.74, 6) is 3.34. The Morgan fingerprint density at radius 1 is 1.70 bits per heavy atom. The van der Waals surface area contributed by atoms with E-state index in [2.05, 4.69) is 21.1 Å². The van der Waals surface area contributed by atoms with Gasteiger partial charge in [-0.1, -0.05) is 5.92 Å². The summed E-state index contributed by atoms with van der Waals surface area (Å²) in [6.07, 6.45) is 6.71. The lowest BCUT2D eigenvalue weighted by molar-refractivity contribution is 0.643. The zero-order chi connectivity index (χ0) is 7.61. The number of H-pyrrole nitrogens is 1. The highest BCUT2D eigenvalue weighted by molar-refractivity contribution is 5.18. The predicted molar refractivity (Wildman–Crippen MR) is 38.2 cm³/mol. The standard InChI is InChI=1S/C7H9N3/c1-4-7(2,3)6-8-5-9-10-6/h1,5H,2-3H3,(H,8,9,10). The van der Waals surface area contributed by atoms with Crippen LogP contribution in [0.1, 0.15) is 19.7 Å². The van der Waals surface area contributed by atoms with Gasteiger partial charge in [-0.2, -0.15) is 5.10 Å². The largest absolute Gasteiger partial charge is 0.262 e. The molecule has 0 aromatic carbocycles. The van der Waals surface area contributed by atoms with Crippen LogP contribution >= 0.6 is 0 Å². The number of terminal acetylenes is 1. The third-order valence-corrected chi connectivity index (χ3v) is 1.37. The van der Waals surface area contributed by atoms with Crippen LogP contribution in [0, 0.1) is 12.3 Å². The molecule has 0 unspecified atom stereocenters. The van der Waals surface area contributed by atoms with E-state index in [9.17, 15) is 0 Å². The van der Waals surface area contributed by atoms with Gasteiger partial charge in [0.25, 0.3) is 0 Å². The summed E-state index contributed by atoms with van der Waals surface area (Å²) in [6.45, 7) is 3.82. The molecule has 0 fully saturated rings. The Balaban J connectivity index is 2.99. The number of nitrogens with zero attached hydrogens (tertiary/aromatic N) is 2. The van der Waals surface area contributed by atoms with Crippen molar-refractivity contribution in [2.75, 3.05) is 0 Å². The normalized spacial score (nSPS) is 10.9. The number of aromatic nitrogens is 3. The lowest BCUT2D eigenvalue weighted by Gasteiger charge is -2.11. The first-order valence-corrected chi connectivity index (χ1v) is 3.00. The predicted octanol–water partition coefficient (Wildman–Crippen LogP) is 0.716. The van der Waals surface area contributed by atoms with Gasteiger partial charge >= 0.3 is 0 Å². The fourth-order valence-corrected chi connectivity index (χ4v) is 0.575. The molecule has 0 saturated carbocycles. The molecule has 3 nitrogen and oxygen atoms in total. The SMILES string of the molecule is C#CC(C)(C)c1ncn[nH]1. The molecule has 1 heterocycles. The molecule has 3 heteroatoms. The van der Waals surface area contributed by atoms with Crippen LogP contribution < -0.4 is 0 Å². The molecule has 10 heavy (non-hydrogen) atoms. The number of aromatic amines is 1. The van der Waals surface area contributed by atoms with Crippen LogP contribution in [0.15, 0.2) is 6.33 Å². The molecule has 0 aliphatic heterocycles. The summed E-state index contributed by atoms with van der Waals surface area (Å²) in [5.41, 5.74) is -0.337. The first kappa shape index (κ1) is 6.81. The molecule has 0 saturated heterocycles. The minimum absolute atomic E-state index is 0.337. The second kappa shape index (κ2) is 2.14. The zero-order valence-corrected chi connectivity index (χ0v) is 6.05. The van der Waals surface area contributed by atoms with Crippen molar-refractivity contribution >= 4 is 0 Å². The second-order valence-electron chi connectivity index (χ2n) is 2.60. The van der Waals surface area contributed by atoms with Gasteiger partial charge in [-0.15, -0.1) is 6.42 Å². The van der Waals surface area contributed by atoms with Crippen molar-refractivity contribution in [1.29, 1.82) is 0 Å². The van der Waals surface area contributed by atoms with Gasteiger partial charge in [-0.05, 0) is 13.8 Å². The number of hydrogen-bond donors (Lipinski definition) is 1. The van der Waals surface area contributed by atoms with Crippen molar-refractivity contribution in [3.8, 4) is 12.3 Å². The minimum atomic E-state index is -0.337. The lowest BCUT2D eigenvalue weighted by Crippen LogP contribution is -2.15. The van der Waals surface area contributed by atoms with Gasteiger partial charge in [-0.25, -0.2) is 4.98 Å². The molecular weight excluding hydrogens is 126 g/mol. The van der Waals surface area contributed by atoms with Crippen molar-refractivity contribution in [3.63, 3.8) is 0 Å². The molecule has 1 rings (SSSR count). The van der Waals surface area contributed by atoms with Gasteiger partial charge in [0.1, 0.15) is 12.2 Å². The Bertz CT molecular complexity index is 240. The first-order valence-electron chi connectivity index (χ1n) is 3.00. The molecule has 0 aliphatic rings. The van der Waals surface area contributed by atoms with E-state index in [1.807, 2.05) is 13.8 Å². The van der Waals surface area contributed by atoms with E-state index in [1.165, 1.54) is 6.33 Å². The van der Waals surface area contributed by atoms with Crippen molar-refractivity contribution in [3.05, 3.63) is 12.2 Å². The highest BCUT2D eigenvalue weighted by Gasteiger charge is 2.19. The molecule has 52 valence electrons. The van der Waals surface area contributed by atoms with Crippen LogP contribution in [0.3, 0.4) is 0 Å². The minimum Gasteiger partial charge on any atom is -0.262 e. The topological polar surface area (TPSA) is 41.6 Å². The summed E-state index contributed by atoms with van der Waals surface area (Å²) in [6, 6.07) is 0. The number of rotatable bonds is 1. The van der Waals surface area contributed by atoms with Gasteiger partial charge in [0.15, 0.2) is 0 Å². The Kier molecular flexibility index (Phi) is 1.46. The molecule has 0 spiro atoms. The van der Waals surface area contributed by atoms with E-state index in [-0.39, 0.29) is 5.41 Å². The molecule has 0 aliphatic carbocycles. The molecule has 1 aromatic heterocycles. The summed E-state index contributed by atoms with van der Waals surface area (Å²) in [4.78, 5) is 3.95. The fraction of sp³-hybridized carbons (Fsp3) is 0.429. The van der Waals surface area contributed by atoms with Crippen molar-refractivity contribution in [2.24, 2.45) is 0 Å². The van der Waals surface area contributed by atoms with Crippen LogP contribution in [-0.4, -0.2) is 15.2 Å². The molecular formula is C7H9N3. The van der Waals surface area contributed by atoms with Gasteiger partial charge in [0.05, 0.1) is 5.41 Å². The Morgan fingerprint density at radius 3 is 2.80 bits per heavy atom. The molecule has 0 amide bonds. The Morgan fingerprint density at radius 2 is 2.40 bits per heavy atom. The second-order valence-corrected chi connectivity index (χ2v) is 2.60. The van der Waals surface area contributed by atoms with Crippen molar-refractivity contribution in [2.45, 2.75) is 19.3 Å². The third-order valence-electron chi connectivity index (χ3n) is 1.37. The maximum atomic E-state index is 5.26. The van der Waals surface area contributed by atoms with Crippen LogP contribution in [0.5, 0.6) is 0 Å². The summed E-state index contributed by atoms with van der Waals surface area (Å²) in [5, 5.41) is 6.43. The monoisotopic (exact) mass is 135 g/mol. The van der Waals surface area contributed by atoms with E-state index >= 15 is 0 Å². The smallest absolute Gasteiger partial charge is 0.141 e. The van der Waals surface area contributed by atoms with Gasteiger partial charge in [0, 0.05) is 0 Å². The van der Waals surface area contributed by atoms with E-state index in [1.54, 1.807) is 0 Å². The van der Waals surface area contributed by atoms with Crippen LogP contribution in [-0.2, 0) is 5.41 Å². The van der Waals surface area contributed by atoms with Crippen LogP contribution in [0.25, 0.3) is 0 Å². The third kappa shape index (κ3) is 1.01. The van der Waals surface area contributed by atoms with Crippen LogP contribution in [0.2, 0.25) is 0 Å². The quantitative estimate of drug-likeness (QED) is 0.576. The van der Waals surface area contributed by atoms with E-state index in [0.29, 0.717) is 0 Å². The van der Waals surface area contributed by atoms with E-state index < -0.39 is 0 Å². The van der Waals surface area contributed by atoms with Gasteiger partial charge < -0.3 is 0 Å². The molecule has 0 radical (unpaired) electrons. The van der Waals surface area contributed by atoms with Gasteiger partial charge in [0.2, 0.25) is 0 Å². The van der Waals surface area contributed by atoms with Crippen molar-refractivity contribution in [1.82, 2.24) is 15.2 Å². The Labute approximate surface area is 59.9 Å². The highest BCUT2D eigenvalue weighted by Crippen LogP contribution is 2.15. The maximum Gasteiger partial charge on any atom is 0.141 e. The molecule has 1 aromatic rings. The average Bonchev–Trinajstić information content (AvgIpc) is 2.38. The maximum absolute atomic E-state index is 5.26. The average molecular weight is 135 g/mol. The summed E-state index contributed by atoms with van der Waals surface area (Å²) in [7, 11) is 0. The van der Waals surface area contributed by atoms with Gasteiger partial charge in [-0.3, -0.25) is 5.10 Å². The molecule has 0 atom stereocenters. The summed E-state index contributed by atoms with van der Waals surface area (Å²) < 4.78 is 0. The van der Waals surface area contributed by atoms with E-state index in [4.69, 9.17) is 6.42 Å². The van der Waals surface area contributed by atoms with Crippen LogP contribution in [0.4, 0.5) is 0 Å². The Hall–Kier alpha value is -1.30. The van der Waals surface area contributed by atoms with E-state index in [0.717, 1.165) is 5.82 Å². The highest BCUT2D eigenvalue weighted by atomic mass is 15.2. The number of nitrogens with one attached hydrogen (secondary N) is 1. The zero-order valence-electron chi connectivity index (χ0n) is 6.05. The van der Waals surface area contributed by atoms with Crippen molar-refractivity contribution < 1.29 is 0 Å². The first-order chi connectivity index (χ1) is 4.67. The lowest BCUT2D eigenvalue weighted by atomic mass is 9.94. The number of hydrogen-bond acceptors (Lipinski definition) is 2.